The second-order valence-corrected chi connectivity index (χ2v) is 7.98. The second-order valence-electron chi connectivity index (χ2n) is 3.75. The molecule has 18 heavy (non-hydrogen) atoms. The fraction of sp³-hybridized carbons (Fsp3) is 0.417. The highest BCUT2D eigenvalue weighted by Gasteiger charge is 2.00. The lowest BCUT2D eigenvalue weighted by atomic mass is 10.3. The van der Waals surface area contributed by atoms with Crippen LogP contribution in [0, 0.1) is 0 Å². The molecule has 100 valence electrons. The predicted octanol–water partition coefficient (Wildman–Crippen LogP) is 3.57. The Morgan fingerprint density at radius 3 is 2.67 bits per heavy atom. The molecule has 0 saturated heterocycles. The summed E-state index contributed by atoms with van der Waals surface area (Å²) < 4.78 is 12.7. The van der Waals surface area contributed by atoms with Crippen molar-refractivity contribution in [2.24, 2.45) is 0 Å². The van der Waals surface area contributed by atoms with E-state index in [1.54, 1.807) is 18.0 Å². The van der Waals surface area contributed by atoms with Gasteiger partial charge in [0.25, 0.3) is 0 Å². The third-order valence-corrected chi connectivity index (χ3v) is 4.78. The quantitative estimate of drug-likeness (QED) is 0.473. The summed E-state index contributed by atoms with van der Waals surface area (Å²) in [5, 5.41) is 3.20. The van der Waals surface area contributed by atoms with Gasteiger partial charge in [-0.1, -0.05) is 39.9 Å². The molecule has 1 rings (SSSR count). The molecule has 1 N–H and O–H groups in total. The number of rotatable bonds is 6. The van der Waals surface area contributed by atoms with E-state index in [0.29, 0.717) is 0 Å². The van der Waals surface area contributed by atoms with E-state index in [9.17, 15) is 4.21 Å². The van der Waals surface area contributed by atoms with Crippen LogP contribution in [0.15, 0.2) is 33.6 Å². The molecule has 0 heterocycles. The summed E-state index contributed by atoms with van der Waals surface area (Å²) in [5.41, 5.74) is 0. The number of halogens is 1. The highest BCUT2D eigenvalue weighted by molar-refractivity contribution is 9.10. The third kappa shape index (κ3) is 7.51. The molecule has 6 heteroatoms. The lowest BCUT2D eigenvalue weighted by molar-refractivity contribution is 0.680. The van der Waals surface area contributed by atoms with Gasteiger partial charge in [0.05, 0.1) is 0 Å². The number of hydrogen-bond acceptors (Lipinski definition) is 3. The largest absolute Gasteiger partial charge is 0.371 e. The predicted molar refractivity (Wildman–Crippen MR) is 88.8 cm³/mol. The van der Waals surface area contributed by atoms with Crippen molar-refractivity contribution in [3.05, 3.63) is 28.7 Å². The van der Waals surface area contributed by atoms with E-state index in [-0.39, 0.29) is 0 Å². The molecular weight excluding hydrogens is 350 g/mol. The molecule has 1 unspecified atom stereocenters. The van der Waals surface area contributed by atoms with Crippen LogP contribution in [0.2, 0.25) is 0 Å². The minimum Gasteiger partial charge on any atom is -0.371 e. The van der Waals surface area contributed by atoms with Crippen LogP contribution in [-0.4, -0.2) is 27.1 Å². The maximum absolute atomic E-state index is 10.9. The van der Waals surface area contributed by atoms with Crippen molar-refractivity contribution >= 4 is 55.0 Å². The fourth-order valence-electron chi connectivity index (χ4n) is 1.27. The number of thioether (sulfide) groups is 1. The molecule has 0 spiro atoms. The molecule has 0 aliphatic heterocycles. The smallest absolute Gasteiger partial charge is 0.138 e. The third-order valence-electron chi connectivity index (χ3n) is 2.15. The van der Waals surface area contributed by atoms with Gasteiger partial charge >= 0.3 is 0 Å². The highest BCUT2D eigenvalue weighted by Crippen LogP contribution is 2.21. The SMILES string of the molecule is CS(=O)CCCCNC(=S)Sc1ccc(Br)cc1. The number of unbranched alkanes of at least 4 members (excludes halogenated alkanes) is 1. The van der Waals surface area contributed by atoms with E-state index in [1.165, 1.54) is 0 Å². The van der Waals surface area contributed by atoms with Crippen LogP contribution in [0.3, 0.4) is 0 Å². The van der Waals surface area contributed by atoms with Crippen molar-refractivity contribution < 1.29 is 4.21 Å². The molecule has 0 aliphatic carbocycles. The van der Waals surface area contributed by atoms with Crippen molar-refractivity contribution in [2.45, 2.75) is 17.7 Å². The van der Waals surface area contributed by atoms with Gasteiger partial charge in [-0.15, -0.1) is 0 Å². The molecule has 1 aromatic carbocycles. The number of benzene rings is 1. The van der Waals surface area contributed by atoms with Gasteiger partial charge < -0.3 is 5.32 Å². The summed E-state index contributed by atoms with van der Waals surface area (Å²) >= 11 is 10.2. The maximum atomic E-state index is 10.9. The molecule has 2 nitrogen and oxygen atoms in total. The van der Waals surface area contributed by atoms with E-state index in [2.05, 4.69) is 21.2 Å². The van der Waals surface area contributed by atoms with Crippen LogP contribution in [0.25, 0.3) is 0 Å². The van der Waals surface area contributed by atoms with Crippen LogP contribution in [0.4, 0.5) is 0 Å². The van der Waals surface area contributed by atoms with E-state index >= 15 is 0 Å². The Hall–Kier alpha value is 0.0900. The summed E-state index contributed by atoms with van der Waals surface area (Å²) in [5.74, 6) is 0.772. The van der Waals surface area contributed by atoms with E-state index < -0.39 is 10.8 Å². The Balaban J connectivity index is 2.17. The number of hydrogen-bond donors (Lipinski definition) is 1. The minimum absolute atomic E-state index is 0.684. The first-order chi connectivity index (χ1) is 8.58. The molecule has 0 radical (unpaired) electrons. The maximum Gasteiger partial charge on any atom is 0.138 e. The monoisotopic (exact) mass is 365 g/mol. The van der Waals surface area contributed by atoms with Crippen LogP contribution < -0.4 is 5.32 Å². The topological polar surface area (TPSA) is 29.1 Å². The van der Waals surface area contributed by atoms with Gasteiger partial charge in [0.1, 0.15) is 4.32 Å². The van der Waals surface area contributed by atoms with Gasteiger partial charge in [0.2, 0.25) is 0 Å². The molecular formula is C12H16BrNOS3. The first-order valence-corrected chi connectivity index (χ1v) is 9.33. The van der Waals surface area contributed by atoms with Crippen LogP contribution >= 0.6 is 39.9 Å². The summed E-state index contributed by atoms with van der Waals surface area (Å²) in [6.07, 6.45) is 3.71. The van der Waals surface area contributed by atoms with E-state index in [4.69, 9.17) is 12.2 Å². The van der Waals surface area contributed by atoms with Gasteiger partial charge in [-0.25, -0.2) is 0 Å². The lowest BCUT2D eigenvalue weighted by Crippen LogP contribution is -2.19. The molecule has 0 saturated carbocycles. The van der Waals surface area contributed by atoms with Crippen molar-refractivity contribution in [1.29, 1.82) is 0 Å². The number of nitrogens with one attached hydrogen (secondary N) is 1. The zero-order valence-electron chi connectivity index (χ0n) is 10.1. The zero-order valence-corrected chi connectivity index (χ0v) is 14.2. The lowest BCUT2D eigenvalue weighted by Gasteiger charge is -2.07. The van der Waals surface area contributed by atoms with Gasteiger partial charge in [-0.2, -0.15) is 0 Å². The Kier molecular flexibility index (Phi) is 8.13. The van der Waals surface area contributed by atoms with Gasteiger partial charge in [-0.05, 0) is 37.1 Å². The van der Waals surface area contributed by atoms with Gasteiger partial charge in [-0.3, -0.25) is 4.21 Å². The number of thiocarbonyl (C=S) groups is 1. The molecule has 0 bridgehead atoms. The van der Waals surface area contributed by atoms with Crippen LogP contribution in [-0.2, 0) is 10.8 Å². The minimum atomic E-state index is -0.684. The Morgan fingerprint density at radius 1 is 1.39 bits per heavy atom. The molecule has 0 amide bonds. The average Bonchev–Trinajstić information content (AvgIpc) is 2.31. The summed E-state index contributed by atoms with van der Waals surface area (Å²) in [6, 6.07) is 8.06. The summed E-state index contributed by atoms with van der Waals surface area (Å²) in [4.78, 5) is 1.13. The highest BCUT2D eigenvalue weighted by atomic mass is 79.9. The van der Waals surface area contributed by atoms with Crippen molar-refractivity contribution in [3.8, 4) is 0 Å². The van der Waals surface area contributed by atoms with Crippen molar-refractivity contribution in [3.63, 3.8) is 0 Å². The Labute approximate surface area is 129 Å². The fourth-order valence-corrected chi connectivity index (χ4v) is 3.19. The van der Waals surface area contributed by atoms with Crippen LogP contribution in [0.1, 0.15) is 12.8 Å². The second kappa shape index (κ2) is 9.07. The Bertz CT molecular complexity index is 408. The Morgan fingerprint density at radius 2 is 2.06 bits per heavy atom. The molecule has 0 aromatic heterocycles. The summed E-state index contributed by atoms with van der Waals surface area (Å²) in [6.45, 7) is 0.847. The van der Waals surface area contributed by atoms with Crippen molar-refractivity contribution in [2.75, 3.05) is 18.6 Å². The van der Waals surface area contributed by atoms with E-state index in [1.807, 2.05) is 24.3 Å². The summed E-state index contributed by atoms with van der Waals surface area (Å²) in [7, 11) is -0.684. The normalized spacial score (nSPS) is 12.1. The molecule has 0 aliphatic rings. The zero-order chi connectivity index (χ0) is 13.4. The first kappa shape index (κ1) is 16.1. The van der Waals surface area contributed by atoms with Crippen LogP contribution in [0.5, 0.6) is 0 Å². The molecule has 1 atom stereocenters. The van der Waals surface area contributed by atoms with Crippen molar-refractivity contribution in [1.82, 2.24) is 5.32 Å². The first-order valence-electron chi connectivity index (χ1n) is 5.59. The molecule has 1 aromatic rings. The van der Waals surface area contributed by atoms with E-state index in [0.717, 1.165) is 38.8 Å². The average molecular weight is 366 g/mol. The molecule has 0 fully saturated rings. The van der Waals surface area contributed by atoms with Gasteiger partial charge in [0.15, 0.2) is 0 Å². The van der Waals surface area contributed by atoms with Gasteiger partial charge in [0, 0.05) is 38.7 Å². The standard InChI is InChI=1S/C12H16BrNOS3/c1-18(15)9-3-2-8-14-12(16)17-11-6-4-10(13)5-7-11/h4-7H,2-3,8-9H2,1H3,(H,14,16).